The molecule has 0 heterocycles. The lowest BCUT2D eigenvalue weighted by Crippen LogP contribution is -2.11. The summed E-state index contributed by atoms with van der Waals surface area (Å²) in [5.74, 6) is 1.79. The molecule has 0 aliphatic rings. The fourth-order valence-corrected chi connectivity index (χ4v) is 4.17. The van der Waals surface area contributed by atoms with Gasteiger partial charge in [-0.3, -0.25) is 0 Å². The lowest BCUT2D eigenvalue weighted by Gasteiger charge is -2.23. The van der Waals surface area contributed by atoms with E-state index in [0.29, 0.717) is 0 Å². The predicted octanol–water partition coefficient (Wildman–Crippen LogP) is 9.52. The van der Waals surface area contributed by atoms with Crippen molar-refractivity contribution in [3.8, 4) is 0 Å². The van der Waals surface area contributed by atoms with Crippen LogP contribution in [0, 0.1) is 18.3 Å². The Morgan fingerprint density at radius 3 is 1.12 bits per heavy atom. The molecule has 25 heavy (non-hydrogen) atoms. The Morgan fingerprint density at radius 1 is 0.400 bits per heavy atom. The van der Waals surface area contributed by atoms with Gasteiger partial charge >= 0.3 is 0 Å². The molecule has 0 aliphatic carbocycles. The maximum atomic E-state index is 2.80. The van der Waals surface area contributed by atoms with Gasteiger partial charge in [0, 0.05) is 0 Å². The van der Waals surface area contributed by atoms with Gasteiger partial charge in [-0.25, -0.2) is 0 Å². The van der Waals surface area contributed by atoms with Gasteiger partial charge in [0.2, 0.25) is 0 Å². The number of hydrogen-bond donors (Lipinski definition) is 0. The van der Waals surface area contributed by atoms with Crippen LogP contribution in [-0.4, -0.2) is 0 Å². The van der Waals surface area contributed by atoms with E-state index in [0.717, 1.165) is 11.8 Å². The normalized spacial score (nSPS) is 13.9. The van der Waals surface area contributed by atoms with Crippen LogP contribution in [0.2, 0.25) is 0 Å². The average Bonchev–Trinajstić information content (AvgIpc) is 2.61. The molecular formula is C25H51. The molecule has 0 saturated carbocycles. The first-order valence-corrected chi connectivity index (χ1v) is 12.1. The molecule has 0 heteroatoms. The van der Waals surface area contributed by atoms with Gasteiger partial charge in [-0.1, -0.05) is 143 Å². The molecule has 0 aromatic carbocycles. The van der Waals surface area contributed by atoms with Crippen molar-refractivity contribution in [2.24, 2.45) is 11.8 Å². The van der Waals surface area contributed by atoms with Crippen LogP contribution in [0.3, 0.4) is 0 Å². The van der Waals surface area contributed by atoms with Crippen molar-refractivity contribution in [3.05, 3.63) is 6.42 Å². The van der Waals surface area contributed by atoms with Gasteiger partial charge in [0.05, 0.1) is 0 Å². The van der Waals surface area contributed by atoms with Crippen molar-refractivity contribution in [2.75, 3.05) is 0 Å². The summed E-state index contributed by atoms with van der Waals surface area (Å²) in [6.45, 7) is 9.35. The second-order valence-corrected chi connectivity index (χ2v) is 8.40. The minimum atomic E-state index is 0.896. The van der Waals surface area contributed by atoms with Crippen LogP contribution in [0.1, 0.15) is 143 Å². The molecule has 0 aliphatic heterocycles. The van der Waals surface area contributed by atoms with E-state index in [2.05, 4.69) is 34.1 Å². The average molecular weight is 352 g/mol. The quantitative estimate of drug-likeness (QED) is 0.191. The van der Waals surface area contributed by atoms with Crippen molar-refractivity contribution < 1.29 is 0 Å². The molecular weight excluding hydrogens is 300 g/mol. The number of unbranched alkanes of at least 4 members (excludes halogenated alkanes) is 10. The third-order valence-corrected chi connectivity index (χ3v) is 5.72. The Morgan fingerprint density at radius 2 is 0.760 bits per heavy atom. The maximum Gasteiger partial charge on any atom is -0.0324 e. The molecule has 0 bridgehead atoms. The lowest BCUT2D eigenvalue weighted by atomic mass is 9.83. The summed E-state index contributed by atoms with van der Waals surface area (Å²) in [7, 11) is 0. The van der Waals surface area contributed by atoms with Crippen molar-refractivity contribution in [1.29, 1.82) is 0 Å². The van der Waals surface area contributed by atoms with E-state index >= 15 is 0 Å². The summed E-state index contributed by atoms with van der Waals surface area (Å²) in [5, 5.41) is 0. The van der Waals surface area contributed by atoms with Crippen LogP contribution < -0.4 is 0 Å². The highest BCUT2D eigenvalue weighted by Gasteiger charge is 2.15. The second kappa shape index (κ2) is 20.3. The minimum Gasteiger partial charge on any atom is -0.0654 e. The summed E-state index contributed by atoms with van der Waals surface area (Å²) < 4.78 is 0. The van der Waals surface area contributed by atoms with Crippen LogP contribution in [0.5, 0.6) is 0 Å². The van der Waals surface area contributed by atoms with E-state index in [1.807, 2.05) is 0 Å². The monoisotopic (exact) mass is 351 g/mol. The summed E-state index contributed by atoms with van der Waals surface area (Å²) >= 11 is 0. The fraction of sp³-hybridized carbons (Fsp3) is 0.960. The molecule has 1 radical (unpaired) electrons. The molecule has 0 N–H and O–H groups in total. The summed E-state index contributed by atoms with van der Waals surface area (Å²) in [6.07, 6.45) is 28.5. The van der Waals surface area contributed by atoms with Gasteiger partial charge in [-0.2, -0.15) is 0 Å². The molecule has 0 fully saturated rings. The largest absolute Gasteiger partial charge is 0.0654 e. The van der Waals surface area contributed by atoms with Crippen molar-refractivity contribution in [2.45, 2.75) is 143 Å². The highest BCUT2D eigenvalue weighted by molar-refractivity contribution is 4.83. The molecule has 2 unspecified atom stereocenters. The van der Waals surface area contributed by atoms with Gasteiger partial charge in [-0.05, 0) is 18.3 Å². The fourth-order valence-electron chi connectivity index (χ4n) is 4.17. The van der Waals surface area contributed by atoms with Crippen molar-refractivity contribution >= 4 is 0 Å². The number of hydrogen-bond acceptors (Lipinski definition) is 0. The minimum absolute atomic E-state index is 0.896. The van der Waals surface area contributed by atoms with Gasteiger partial charge in [0.25, 0.3) is 0 Å². The van der Waals surface area contributed by atoms with Gasteiger partial charge < -0.3 is 0 Å². The molecule has 0 aromatic heterocycles. The van der Waals surface area contributed by atoms with E-state index < -0.39 is 0 Å². The summed E-state index contributed by atoms with van der Waals surface area (Å²) in [6, 6.07) is 0. The Labute approximate surface area is 161 Å². The molecule has 0 nitrogen and oxygen atoms in total. The van der Waals surface area contributed by atoms with Gasteiger partial charge in [-0.15, -0.1) is 0 Å². The highest BCUT2D eigenvalue weighted by atomic mass is 14.2. The third-order valence-electron chi connectivity index (χ3n) is 5.72. The first-order chi connectivity index (χ1) is 12.3. The predicted molar refractivity (Wildman–Crippen MR) is 117 cm³/mol. The van der Waals surface area contributed by atoms with Crippen LogP contribution in [-0.2, 0) is 0 Å². The molecule has 0 rings (SSSR count). The zero-order valence-corrected chi connectivity index (χ0v) is 18.5. The zero-order chi connectivity index (χ0) is 18.6. The van der Waals surface area contributed by atoms with E-state index in [1.165, 1.54) is 116 Å². The Balaban J connectivity index is 3.99. The topological polar surface area (TPSA) is 0 Å². The smallest absolute Gasteiger partial charge is 0.0324 e. The summed E-state index contributed by atoms with van der Waals surface area (Å²) in [5.41, 5.74) is 0. The molecule has 151 valence electrons. The van der Waals surface area contributed by atoms with Crippen LogP contribution in [0.25, 0.3) is 0 Å². The first kappa shape index (κ1) is 25.0. The van der Waals surface area contributed by atoms with E-state index in [1.54, 1.807) is 0 Å². The Bertz CT molecular complexity index is 208. The first-order valence-electron chi connectivity index (χ1n) is 12.1. The van der Waals surface area contributed by atoms with E-state index in [-0.39, 0.29) is 0 Å². The molecule has 2 atom stereocenters. The summed E-state index contributed by atoms with van der Waals surface area (Å²) in [4.78, 5) is 0. The molecule has 0 saturated heterocycles. The maximum absolute atomic E-state index is 2.80. The number of rotatable bonds is 20. The molecule has 0 aromatic rings. The van der Waals surface area contributed by atoms with Crippen molar-refractivity contribution in [1.82, 2.24) is 0 Å². The zero-order valence-electron chi connectivity index (χ0n) is 18.5. The second-order valence-electron chi connectivity index (χ2n) is 8.40. The Hall–Kier alpha value is 0. The van der Waals surface area contributed by atoms with Gasteiger partial charge in [0.15, 0.2) is 0 Å². The van der Waals surface area contributed by atoms with Crippen LogP contribution in [0.4, 0.5) is 0 Å². The standard InChI is InChI=1S/C25H51/c1-5-9-11-13-15-17-21-24(19-7-3)23-25(20-8-4)22-18-16-14-12-10-6-2/h23-25H,5-22H2,1-4H3. The third kappa shape index (κ3) is 17.2. The molecule has 0 amide bonds. The van der Waals surface area contributed by atoms with E-state index in [4.69, 9.17) is 0 Å². The SMILES string of the molecule is CCCCCCCCC([CH]C(CCC)CCCCCCCC)CCC. The van der Waals surface area contributed by atoms with Crippen molar-refractivity contribution in [3.63, 3.8) is 0 Å². The van der Waals surface area contributed by atoms with Gasteiger partial charge in [0.1, 0.15) is 0 Å². The van der Waals surface area contributed by atoms with E-state index in [9.17, 15) is 0 Å². The highest BCUT2D eigenvalue weighted by Crippen LogP contribution is 2.28. The molecule has 0 spiro atoms. The van der Waals surface area contributed by atoms with Crippen LogP contribution in [0.15, 0.2) is 0 Å². The van der Waals surface area contributed by atoms with Crippen LogP contribution >= 0.6 is 0 Å². The Kier molecular flexibility index (Phi) is 20.3. The lowest BCUT2D eigenvalue weighted by molar-refractivity contribution is 0.378.